The zero-order chi connectivity index (χ0) is 14.0. The lowest BCUT2D eigenvalue weighted by Crippen LogP contribution is -2.38. The molecular formula is C15H25NO3. The van der Waals surface area contributed by atoms with E-state index in [9.17, 15) is 14.7 Å². The van der Waals surface area contributed by atoms with E-state index in [1.165, 1.54) is 19.3 Å². The molecule has 1 saturated heterocycles. The maximum absolute atomic E-state index is 12.4. The molecule has 1 heterocycles. The van der Waals surface area contributed by atoms with Gasteiger partial charge in [0.1, 0.15) is 0 Å². The summed E-state index contributed by atoms with van der Waals surface area (Å²) in [6.45, 7) is 5.44. The molecule has 0 aromatic rings. The Morgan fingerprint density at radius 3 is 2.11 bits per heavy atom. The molecule has 0 bridgehead atoms. The summed E-state index contributed by atoms with van der Waals surface area (Å²) in [5.74, 6) is 0.559. The van der Waals surface area contributed by atoms with E-state index in [0.717, 1.165) is 13.1 Å². The number of hydrogen-bond donors (Lipinski definition) is 1. The van der Waals surface area contributed by atoms with E-state index in [-0.39, 0.29) is 12.3 Å². The number of hydrogen-bond acceptors (Lipinski definition) is 2. The number of carboxylic acid groups (broad SMARTS) is 1. The van der Waals surface area contributed by atoms with Crippen molar-refractivity contribution >= 4 is 11.9 Å². The predicted molar refractivity (Wildman–Crippen MR) is 72.7 cm³/mol. The number of rotatable bonds is 5. The SMILES string of the molecule is CCC(CC)(CC(=O)N1CC2CCCC2C1)C(=O)O. The van der Waals surface area contributed by atoms with Crippen molar-refractivity contribution in [3.63, 3.8) is 0 Å². The molecule has 0 aromatic carbocycles. The van der Waals surface area contributed by atoms with Gasteiger partial charge in [-0.15, -0.1) is 0 Å². The molecule has 1 aliphatic heterocycles. The van der Waals surface area contributed by atoms with Crippen LogP contribution in [0.3, 0.4) is 0 Å². The minimum absolute atomic E-state index is 0.0421. The molecule has 108 valence electrons. The lowest BCUT2D eigenvalue weighted by atomic mass is 9.79. The number of nitrogens with zero attached hydrogens (tertiary/aromatic N) is 1. The molecule has 1 aliphatic carbocycles. The standard InChI is InChI=1S/C15H25NO3/c1-3-15(4-2,14(18)19)8-13(17)16-9-11-6-5-7-12(11)10-16/h11-12H,3-10H2,1-2H3,(H,18,19). The van der Waals surface area contributed by atoms with Crippen LogP contribution in [0.15, 0.2) is 0 Å². The fourth-order valence-electron chi connectivity index (χ4n) is 3.72. The highest BCUT2D eigenvalue weighted by Crippen LogP contribution is 2.39. The molecule has 2 aliphatic rings. The smallest absolute Gasteiger partial charge is 0.310 e. The second-order valence-corrected chi connectivity index (χ2v) is 6.22. The summed E-state index contributed by atoms with van der Waals surface area (Å²) < 4.78 is 0. The Morgan fingerprint density at radius 1 is 1.16 bits per heavy atom. The van der Waals surface area contributed by atoms with Crippen LogP contribution in [0.5, 0.6) is 0 Å². The van der Waals surface area contributed by atoms with Crippen LogP contribution >= 0.6 is 0 Å². The quantitative estimate of drug-likeness (QED) is 0.832. The van der Waals surface area contributed by atoms with Crippen molar-refractivity contribution in [2.45, 2.75) is 52.4 Å². The molecule has 0 spiro atoms. The molecule has 1 amide bonds. The van der Waals surface area contributed by atoms with Crippen LogP contribution in [-0.2, 0) is 9.59 Å². The van der Waals surface area contributed by atoms with Gasteiger partial charge in [-0.3, -0.25) is 9.59 Å². The average Bonchev–Trinajstić information content (AvgIpc) is 2.95. The Hall–Kier alpha value is -1.06. The maximum Gasteiger partial charge on any atom is 0.310 e. The van der Waals surface area contributed by atoms with Gasteiger partial charge in [-0.25, -0.2) is 0 Å². The summed E-state index contributed by atoms with van der Waals surface area (Å²) in [5.41, 5.74) is -0.866. The van der Waals surface area contributed by atoms with Crippen molar-refractivity contribution in [3.8, 4) is 0 Å². The molecule has 2 rings (SSSR count). The number of carboxylic acids is 1. The van der Waals surface area contributed by atoms with Gasteiger partial charge in [0, 0.05) is 19.5 Å². The summed E-state index contributed by atoms with van der Waals surface area (Å²) in [5, 5.41) is 9.41. The van der Waals surface area contributed by atoms with Crippen molar-refractivity contribution in [1.29, 1.82) is 0 Å². The highest BCUT2D eigenvalue weighted by Gasteiger charge is 2.42. The van der Waals surface area contributed by atoms with Gasteiger partial charge in [0.15, 0.2) is 0 Å². The minimum Gasteiger partial charge on any atom is -0.481 e. The molecule has 1 N–H and O–H groups in total. The first kappa shape index (κ1) is 14.4. The van der Waals surface area contributed by atoms with E-state index in [0.29, 0.717) is 24.7 Å². The van der Waals surface area contributed by atoms with Crippen LogP contribution in [0.1, 0.15) is 52.4 Å². The van der Waals surface area contributed by atoms with Crippen molar-refractivity contribution in [1.82, 2.24) is 4.90 Å². The molecule has 1 saturated carbocycles. The van der Waals surface area contributed by atoms with E-state index < -0.39 is 11.4 Å². The normalized spacial score (nSPS) is 26.5. The van der Waals surface area contributed by atoms with Gasteiger partial charge < -0.3 is 10.0 Å². The monoisotopic (exact) mass is 267 g/mol. The van der Waals surface area contributed by atoms with Gasteiger partial charge in [0.2, 0.25) is 5.91 Å². The van der Waals surface area contributed by atoms with Gasteiger partial charge in [-0.05, 0) is 37.5 Å². The van der Waals surface area contributed by atoms with E-state index in [1.54, 1.807) is 0 Å². The van der Waals surface area contributed by atoms with Crippen LogP contribution in [-0.4, -0.2) is 35.0 Å². The third-order valence-electron chi connectivity index (χ3n) is 5.38. The lowest BCUT2D eigenvalue weighted by Gasteiger charge is -2.28. The van der Waals surface area contributed by atoms with Gasteiger partial charge in [-0.2, -0.15) is 0 Å². The van der Waals surface area contributed by atoms with Crippen LogP contribution in [0.25, 0.3) is 0 Å². The van der Waals surface area contributed by atoms with Crippen LogP contribution < -0.4 is 0 Å². The largest absolute Gasteiger partial charge is 0.481 e. The van der Waals surface area contributed by atoms with Crippen LogP contribution in [0.4, 0.5) is 0 Å². The molecule has 2 fully saturated rings. The first-order valence-electron chi connectivity index (χ1n) is 7.53. The summed E-state index contributed by atoms with van der Waals surface area (Å²) in [4.78, 5) is 25.8. The topological polar surface area (TPSA) is 57.6 Å². The van der Waals surface area contributed by atoms with Gasteiger partial charge in [0.25, 0.3) is 0 Å². The Bertz CT molecular complexity index is 350. The maximum atomic E-state index is 12.4. The zero-order valence-electron chi connectivity index (χ0n) is 12.0. The van der Waals surface area contributed by atoms with Crippen molar-refractivity contribution in [2.24, 2.45) is 17.3 Å². The fourth-order valence-corrected chi connectivity index (χ4v) is 3.72. The van der Waals surface area contributed by atoms with Gasteiger partial charge in [-0.1, -0.05) is 20.3 Å². The first-order valence-corrected chi connectivity index (χ1v) is 7.53. The summed E-state index contributed by atoms with van der Waals surface area (Å²) in [7, 11) is 0. The Morgan fingerprint density at radius 2 is 1.68 bits per heavy atom. The molecule has 4 nitrogen and oxygen atoms in total. The highest BCUT2D eigenvalue weighted by atomic mass is 16.4. The first-order chi connectivity index (χ1) is 9.02. The highest BCUT2D eigenvalue weighted by molar-refractivity contribution is 5.85. The number of carbonyl (C=O) groups is 2. The Balaban J connectivity index is 1.99. The number of amides is 1. The second kappa shape index (κ2) is 5.51. The van der Waals surface area contributed by atoms with Gasteiger partial charge >= 0.3 is 5.97 Å². The lowest BCUT2D eigenvalue weighted by molar-refractivity contribution is -0.154. The zero-order valence-corrected chi connectivity index (χ0v) is 12.0. The molecular weight excluding hydrogens is 242 g/mol. The number of likely N-dealkylation sites (tertiary alicyclic amines) is 1. The molecule has 2 unspecified atom stereocenters. The Labute approximate surface area is 115 Å². The van der Waals surface area contributed by atoms with Crippen molar-refractivity contribution < 1.29 is 14.7 Å². The number of carbonyl (C=O) groups excluding carboxylic acids is 1. The third-order valence-corrected chi connectivity index (χ3v) is 5.38. The van der Waals surface area contributed by atoms with Gasteiger partial charge in [0.05, 0.1) is 5.41 Å². The number of aliphatic carboxylic acids is 1. The summed E-state index contributed by atoms with van der Waals surface area (Å²) >= 11 is 0. The molecule has 4 heteroatoms. The van der Waals surface area contributed by atoms with Crippen LogP contribution in [0.2, 0.25) is 0 Å². The van der Waals surface area contributed by atoms with Crippen LogP contribution in [0, 0.1) is 17.3 Å². The fraction of sp³-hybridized carbons (Fsp3) is 0.867. The van der Waals surface area contributed by atoms with E-state index in [2.05, 4.69) is 0 Å². The molecule has 0 aromatic heterocycles. The summed E-state index contributed by atoms with van der Waals surface area (Å²) in [6, 6.07) is 0. The van der Waals surface area contributed by atoms with E-state index >= 15 is 0 Å². The van der Waals surface area contributed by atoms with Crippen molar-refractivity contribution in [3.05, 3.63) is 0 Å². The predicted octanol–water partition coefficient (Wildman–Crippen LogP) is 2.53. The van der Waals surface area contributed by atoms with E-state index in [1.807, 2.05) is 18.7 Å². The average molecular weight is 267 g/mol. The molecule has 2 atom stereocenters. The minimum atomic E-state index is -0.866. The molecule has 0 radical (unpaired) electrons. The summed E-state index contributed by atoms with van der Waals surface area (Å²) in [6.07, 6.45) is 4.96. The molecule has 19 heavy (non-hydrogen) atoms. The number of fused-ring (bicyclic) bond motifs is 1. The van der Waals surface area contributed by atoms with Crippen molar-refractivity contribution in [2.75, 3.05) is 13.1 Å². The van der Waals surface area contributed by atoms with E-state index in [4.69, 9.17) is 0 Å². The second-order valence-electron chi connectivity index (χ2n) is 6.22. The third kappa shape index (κ3) is 2.63. The Kier molecular flexibility index (Phi) is 4.16.